The van der Waals surface area contributed by atoms with Gasteiger partial charge in [-0.1, -0.05) is 48.3 Å². The molecular formula is C30H43Cl2N3O2. The lowest BCUT2D eigenvalue weighted by molar-refractivity contribution is 0.103. The van der Waals surface area contributed by atoms with Crippen LogP contribution >= 0.6 is 23.2 Å². The van der Waals surface area contributed by atoms with Gasteiger partial charge in [-0.25, -0.2) is 0 Å². The van der Waals surface area contributed by atoms with Gasteiger partial charge in [0.2, 0.25) is 0 Å². The Labute approximate surface area is 234 Å². The van der Waals surface area contributed by atoms with Crippen LogP contribution in [0.15, 0.2) is 48.0 Å². The van der Waals surface area contributed by atoms with Crippen LogP contribution in [0.1, 0.15) is 53.6 Å². The van der Waals surface area contributed by atoms with E-state index in [0.717, 1.165) is 29.1 Å². The molecule has 204 valence electrons. The van der Waals surface area contributed by atoms with Gasteiger partial charge in [-0.05, 0) is 108 Å². The predicted octanol–water partition coefficient (Wildman–Crippen LogP) is 7.61. The number of nitrogens with zero attached hydrogens (tertiary/aromatic N) is 3. The fourth-order valence-corrected chi connectivity index (χ4v) is 4.55. The number of methoxy groups -OCH3 is 1. The first kappa shape index (κ1) is 33.0. The highest BCUT2D eigenvalue weighted by molar-refractivity contribution is 6.42. The van der Waals surface area contributed by atoms with Gasteiger partial charge in [0, 0.05) is 31.4 Å². The number of ether oxygens (including phenoxy) is 1. The Morgan fingerprint density at radius 2 is 1.59 bits per heavy atom. The Kier molecular flexibility index (Phi) is 17.0. The van der Waals surface area contributed by atoms with E-state index in [-0.39, 0.29) is 0 Å². The first-order chi connectivity index (χ1) is 17.8. The van der Waals surface area contributed by atoms with Crippen LogP contribution < -0.4 is 0 Å². The molecule has 4 rings (SSSR count). The number of hydrogen-bond acceptors (Lipinski definition) is 5. The Hall–Kier alpha value is -2.02. The summed E-state index contributed by atoms with van der Waals surface area (Å²) < 4.78 is 4.25. The number of aldehydes is 1. The summed E-state index contributed by atoms with van der Waals surface area (Å²) in [5.74, 6) is 0. The minimum atomic E-state index is 0.613. The summed E-state index contributed by atoms with van der Waals surface area (Å²) in [7, 11) is 5.49. The van der Waals surface area contributed by atoms with E-state index in [1.807, 2.05) is 19.1 Å². The maximum Gasteiger partial charge on any atom is 0.150 e. The lowest BCUT2D eigenvalue weighted by Gasteiger charge is -2.39. The summed E-state index contributed by atoms with van der Waals surface area (Å²) in [4.78, 5) is 19.4. The number of carbonyl (C=O) groups is 1. The number of likely N-dealkylation sites (tertiary alicyclic amines) is 2. The highest BCUT2D eigenvalue weighted by Crippen LogP contribution is 2.22. The molecule has 2 aromatic rings. The third-order valence-corrected chi connectivity index (χ3v) is 6.99. The molecule has 0 radical (unpaired) electrons. The van der Waals surface area contributed by atoms with Gasteiger partial charge in [0.1, 0.15) is 6.29 Å². The van der Waals surface area contributed by atoms with Crippen molar-refractivity contribution in [1.82, 2.24) is 9.80 Å². The zero-order chi connectivity index (χ0) is 27.6. The van der Waals surface area contributed by atoms with Crippen LogP contribution in [0.3, 0.4) is 0 Å². The molecule has 0 unspecified atom stereocenters. The molecule has 0 saturated carbocycles. The van der Waals surface area contributed by atoms with Crippen molar-refractivity contribution in [3.63, 3.8) is 0 Å². The number of piperidine rings is 2. The topological polar surface area (TPSA) is 45.1 Å². The zero-order valence-electron chi connectivity index (χ0n) is 22.9. The van der Waals surface area contributed by atoms with Crippen molar-refractivity contribution in [2.45, 2.75) is 45.1 Å². The molecule has 0 atom stereocenters. The molecule has 2 fully saturated rings. The Balaban J connectivity index is 0.000000267. The third kappa shape index (κ3) is 12.9. The maximum atomic E-state index is 10.4. The van der Waals surface area contributed by atoms with Gasteiger partial charge in [-0.15, -0.1) is 0 Å². The molecule has 37 heavy (non-hydrogen) atoms. The fraction of sp³-hybridized carbons (Fsp3) is 0.467. The molecule has 2 aromatic carbocycles. The van der Waals surface area contributed by atoms with Gasteiger partial charge >= 0.3 is 0 Å². The van der Waals surface area contributed by atoms with Gasteiger partial charge < -0.3 is 14.5 Å². The normalized spacial score (nSPS) is 16.1. The second-order valence-electron chi connectivity index (χ2n) is 9.26. The SMILES string of the molecule is C=Cc1cc(C=O)ccc1N=C.CN1CCC(N2CCCCC2)CC1.COC.Cc1ccc(Cl)c(Cl)c1. The van der Waals surface area contributed by atoms with Gasteiger partial charge in [0.15, 0.2) is 0 Å². The first-order valence-electron chi connectivity index (χ1n) is 12.7. The Morgan fingerprint density at radius 3 is 2.08 bits per heavy atom. The average molecular weight is 549 g/mol. The summed E-state index contributed by atoms with van der Waals surface area (Å²) >= 11 is 11.3. The minimum absolute atomic E-state index is 0.613. The highest BCUT2D eigenvalue weighted by atomic mass is 35.5. The molecule has 0 spiro atoms. The third-order valence-electron chi connectivity index (χ3n) is 6.25. The van der Waals surface area contributed by atoms with Crippen LogP contribution in [-0.2, 0) is 4.74 Å². The van der Waals surface area contributed by atoms with Crippen molar-refractivity contribution in [3.8, 4) is 0 Å². The second kappa shape index (κ2) is 19.1. The highest BCUT2D eigenvalue weighted by Gasteiger charge is 2.23. The number of aliphatic imine (C=N–C) groups is 1. The number of halogens is 2. The molecule has 7 heteroatoms. The van der Waals surface area contributed by atoms with E-state index in [1.165, 1.54) is 58.3 Å². The summed E-state index contributed by atoms with van der Waals surface area (Å²) in [6.07, 6.45) is 9.58. The van der Waals surface area contributed by atoms with Crippen LogP contribution in [0.25, 0.3) is 6.08 Å². The van der Waals surface area contributed by atoms with Gasteiger partial charge in [-0.3, -0.25) is 9.79 Å². The van der Waals surface area contributed by atoms with Crippen LogP contribution in [-0.4, -0.2) is 76.3 Å². The molecule has 5 nitrogen and oxygen atoms in total. The summed E-state index contributed by atoms with van der Waals surface area (Å²) in [5.41, 5.74) is 3.33. The lowest BCUT2D eigenvalue weighted by atomic mass is 10.0. The predicted molar refractivity (Wildman–Crippen MR) is 161 cm³/mol. The largest absolute Gasteiger partial charge is 0.388 e. The minimum Gasteiger partial charge on any atom is -0.388 e. The number of aryl methyl sites for hydroxylation is 1. The van der Waals surface area contributed by atoms with Crippen molar-refractivity contribution in [1.29, 1.82) is 0 Å². The fourth-order valence-electron chi connectivity index (χ4n) is 4.20. The van der Waals surface area contributed by atoms with Crippen LogP contribution in [0, 0.1) is 6.92 Å². The van der Waals surface area contributed by atoms with Crippen molar-refractivity contribution in [2.75, 3.05) is 47.4 Å². The van der Waals surface area contributed by atoms with Gasteiger partial charge in [0.05, 0.1) is 15.7 Å². The van der Waals surface area contributed by atoms with E-state index >= 15 is 0 Å². The summed E-state index contributed by atoms with van der Waals surface area (Å²) in [5, 5.41) is 1.24. The van der Waals surface area contributed by atoms with Crippen LogP contribution in [0.2, 0.25) is 10.0 Å². The number of carbonyl (C=O) groups excluding carboxylic acids is 1. The molecule has 2 saturated heterocycles. The smallest absolute Gasteiger partial charge is 0.150 e. The van der Waals surface area contributed by atoms with E-state index in [2.05, 4.69) is 39.9 Å². The summed E-state index contributed by atoms with van der Waals surface area (Å²) in [6, 6.07) is 11.6. The molecule has 0 N–H and O–H groups in total. The van der Waals surface area contributed by atoms with Crippen molar-refractivity contribution < 1.29 is 9.53 Å². The summed E-state index contributed by atoms with van der Waals surface area (Å²) in [6.45, 7) is 14.3. The monoisotopic (exact) mass is 547 g/mol. The molecule has 2 aliphatic rings. The Morgan fingerprint density at radius 1 is 0.973 bits per heavy atom. The maximum absolute atomic E-state index is 10.4. The lowest BCUT2D eigenvalue weighted by Crippen LogP contribution is -2.45. The quantitative estimate of drug-likeness (QED) is 0.292. The second-order valence-corrected chi connectivity index (χ2v) is 10.1. The average Bonchev–Trinajstić information content (AvgIpc) is 2.92. The van der Waals surface area contributed by atoms with Gasteiger partial charge in [-0.2, -0.15) is 0 Å². The van der Waals surface area contributed by atoms with Crippen LogP contribution in [0.4, 0.5) is 5.69 Å². The van der Waals surface area contributed by atoms with Crippen molar-refractivity contribution in [2.24, 2.45) is 4.99 Å². The molecule has 0 aromatic heterocycles. The van der Waals surface area contributed by atoms with Crippen molar-refractivity contribution >= 4 is 48.0 Å². The molecule has 0 bridgehead atoms. The number of hydrogen-bond donors (Lipinski definition) is 0. The van der Waals surface area contributed by atoms with E-state index in [0.29, 0.717) is 15.6 Å². The number of benzene rings is 2. The number of rotatable bonds is 4. The Bertz CT molecular complexity index is 954. The van der Waals surface area contributed by atoms with E-state index < -0.39 is 0 Å². The molecule has 2 aliphatic heterocycles. The van der Waals surface area contributed by atoms with Crippen LogP contribution in [0.5, 0.6) is 0 Å². The van der Waals surface area contributed by atoms with E-state index in [4.69, 9.17) is 23.2 Å². The van der Waals surface area contributed by atoms with Gasteiger partial charge in [0.25, 0.3) is 0 Å². The standard InChI is InChI=1S/C11H22N2.C10H9NO.C7H6Cl2.C2H6O/c1-12-9-5-11(6-10-12)13-7-3-2-4-8-13;1-3-9-6-8(7-12)4-5-10(9)11-2;1-5-2-3-6(8)7(9)4-5;1-3-2/h11H,2-10H2,1H3;3-7H,1-2H2;2-4H,1H3;1-2H3. The molecular weight excluding hydrogens is 505 g/mol. The zero-order valence-corrected chi connectivity index (χ0v) is 24.4. The molecule has 0 amide bonds. The van der Waals surface area contributed by atoms with E-state index in [1.54, 1.807) is 44.6 Å². The van der Waals surface area contributed by atoms with Crippen molar-refractivity contribution in [3.05, 3.63) is 69.7 Å². The first-order valence-corrected chi connectivity index (χ1v) is 13.5. The van der Waals surface area contributed by atoms with E-state index in [9.17, 15) is 4.79 Å². The molecule has 0 aliphatic carbocycles. The molecule has 2 heterocycles.